The Morgan fingerprint density at radius 1 is 0.806 bits per heavy atom. The molecule has 31 heavy (non-hydrogen) atoms. The van der Waals surface area contributed by atoms with Crippen LogP contribution in [0.2, 0.25) is 0 Å². The Morgan fingerprint density at radius 2 is 1.23 bits per heavy atom. The SMILES string of the molecule is CC(C)(CNC(=O)Cn1cnc2c1CCCC2)CNC(=O)Cn1cnc2c1CCCC2. The maximum absolute atomic E-state index is 12.5. The van der Waals surface area contributed by atoms with E-state index in [1.165, 1.54) is 24.2 Å². The summed E-state index contributed by atoms with van der Waals surface area (Å²) in [6, 6.07) is 0. The largest absolute Gasteiger partial charge is 0.354 e. The lowest BCUT2D eigenvalue weighted by Crippen LogP contribution is -2.43. The minimum Gasteiger partial charge on any atom is -0.354 e. The molecule has 0 atom stereocenters. The van der Waals surface area contributed by atoms with Crippen molar-refractivity contribution in [2.75, 3.05) is 13.1 Å². The molecule has 4 rings (SSSR count). The third kappa shape index (κ3) is 5.35. The summed E-state index contributed by atoms with van der Waals surface area (Å²) in [4.78, 5) is 33.9. The molecule has 0 radical (unpaired) electrons. The molecule has 2 aliphatic carbocycles. The zero-order valence-electron chi connectivity index (χ0n) is 18.7. The van der Waals surface area contributed by atoms with Gasteiger partial charge in [-0.05, 0) is 56.8 Å². The predicted octanol–water partition coefficient (Wildman–Crippen LogP) is 1.80. The fourth-order valence-corrected chi connectivity index (χ4v) is 4.49. The number of hydrogen-bond donors (Lipinski definition) is 2. The highest BCUT2D eigenvalue weighted by molar-refractivity contribution is 5.76. The van der Waals surface area contributed by atoms with Crippen molar-refractivity contribution in [1.29, 1.82) is 0 Å². The van der Waals surface area contributed by atoms with Gasteiger partial charge in [0.1, 0.15) is 13.1 Å². The van der Waals surface area contributed by atoms with Crippen LogP contribution < -0.4 is 10.6 Å². The Labute approximate surface area is 183 Å². The first-order chi connectivity index (χ1) is 14.9. The minimum atomic E-state index is -0.242. The number of imidazole rings is 2. The average molecular weight is 427 g/mol. The lowest BCUT2D eigenvalue weighted by Gasteiger charge is -2.26. The molecule has 0 spiro atoms. The molecule has 8 nitrogen and oxygen atoms in total. The van der Waals surface area contributed by atoms with E-state index in [4.69, 9.17) is 0 Å². The van der Waals surface area contributed by atoms with Crippen LogP contribution in [-0.4, -0.2) is 44.0 Å². The lowest BCUT2D eigenvalue weighted by molar-refractivity contribution is -0.122. The molecule has 0 unspecified atom stereocenters. The molecule has 0 bridgehead atoms. The first-order valence-corrected chi connectivity index (χ1v) is 11.5. The Hall–Kier alpha value is -2.64. The maximum Gasteiger partial charge on any atom is 0.240 e. The van der Waals surface area contributed by atoms with Crippen molar-refractivity contribution in [3.8, 4) is 0 Å². The number of nitrogens with one attached hydrogen (secondary N) is 2. The van der Waals surface area contributed by atoms with Crippen molar-refractivity contribution in [2.45, 2.75) is 78.3 Å². The van der Waals surface area contributed by atoms with E-state index in [1.807, 2.05) is 23.0 Å². The lowest BCUT2D eigenvalue weighted by atomic mass is 9.93. The van der Waals surface area contributed by atoms with Gasteiger partial charge < -0.3 is 19.8 Å². The summed E-state index contributed by atoms with van der Waals surface area (Å²) in [5.74, 6) is -0.0366. The van der Waals surface area contributed by atoms with Crippen molar-refractivity contribution >= 4 is 11.8 Å². The summed E-state index contributed by atoms with van der Waals surface area (Å²) in [5.41, 5.74) is 4.44. The Balaban J connectivity index is 1.22. The Bertz CT molecular complexity index is 868. The third-order valence-electron chi connectivity index (χ3n) is 6.38. The topological polar surface area (TPSA) is 93.8 Å². The van der Waals surface area contributed by atoms with Crippen LogP contribution in [0.4, 0.5) is 0 Å². The van der Waals surface area contributed by atoms with E-state index in [-0.39, 0.29) is 17.2 Å². The van der Waals surface area contributed by atoms with Crippen LogP contribution in [0, 0.1) is 5.41 Å². The third-order valence-corrected chi connectivity index (χ3v) is 6.38. The molecule has 2 aromatic rings. The van der Waals surface area contributed by atoms with Crippen molar-refractivity contribution < 1.29 is 9.59 Å². The summed E-state index contributed by atoms with van der Waals surface area (Å²) >= 11 is 0. The molecule has 2 heterocycles. The van der Waals surface area contributed by atoms with E-state index >= 15 is 0 Å². The molecular formula is C23H34N6O2. The number of hydrogen-bond acceptors (Lipinski definition) is 4. The van der Waals surface area contributed by atoms with Gasteiger partial charge in [0.2, 0.25) is 11.8 Å². The first-order valence-electron chi connectivity index (χ1n) is 11.5. The Morgan fingerprint density at radius 3 is 1.68 bits per heavy atom. The van der Waals surface area contributed by atoms with Crippen LogP contribution in [0.1, 0.15) is 62.3 Å². The molecule has 168 valence electrons. The molecular weight excluding hydrogens is 392 g/mol. The second-order valence-electron chi connectivity index (χ2n) is 9.66. The summed E-state index contributed by atoms with van der Waals surface area (Å²) < 4.78 is 3.95. The number of carbonyl (C=O) groups excluding carboxylic acids is 2. The molecule has 8 heteroatoms. The van der Waals surface area contributed by atoms with Crippen LogP contribution in [0.5, 0.6) is 0 Å². The van der Waals surface area contributed by atoms with Gasteiger partial charge in [-0.3, -0.25) is 9.59 Å². The number of aromatic nitrogens is 4. The number of nitrogens with zero attached hydrogens (tertiary/aromatic N) is 4. The highest BCUT2D eigenvalue weighted by Gasteiger charge is 2.22. The minimum absolute atomic E-state index is 0.0183. The normalized spacial score (nSPS) is 15.8. The molecule has 0 saturated carbocycles. The maximum atomic E-state index is 12.5. The van der Waals surface area contributed by atoms with Crippen molar-refractivity contribution in [1.82, 2.24) is 29.7 Å². The average Bonchev–Trinajstić information content (AvgIpc) is 3.36. The number of carbonyl (C=O) groups is 2. The van der Waals surface area contributed by atoms with Crippen LogP contribution in [0.3, 0.4) is 0 Å². The van der Waals surface area contributed by atoms with E-state index in [2.05, 4.69) is 20.6 Å². The molecule has 2 aliphatic rings. The van der Waals surface area contributed by atoms with Crippen molar-refractivity contribution in [3.63, 3.8) is 0 Å². The summed E-state index contributed by atoms with van der Waals surface area (Å²) in [6.45, 7) is 5.71. The van der Waals surface area contributed by atoms with E-state index in [9.17, 15) is 9.59 Å². The smallest absolute Gasteiger partial charge is 0.240 e. The fraction of sp³-hybridized carbons (Fsp3) is 0.652. The van der Waals surface area contributed by atoms with Gasteiger partial charge in [-0.15, -0.1) is 0 Å². The number of aryl methyl sites for hydroxylation is 2. The second-order valence-corrected chi connectivity index (χ2v) is 9.66. The predicted molar refractivity (Wildman–Crippen MR) is 118 cm³/mol. The monoisotopic (exact) mass is 426 g/mol. The summed E-state index contributed by atoms with van der Waals surface area (Å²) in [7, 11) is 0. The molecule has 2 aromatic heterocycles. The Kier molecular flexibility index (Phi) is 6.43. The zero-order chi connectivity index (χ0) is 21.8. The second kappa shape index (κ2) is 9.24. The number of amides is 2. The molecule has 0 aromatic carbocycles. The highest BCUT2D eigenvalue weighted by Crippen LogP contribution is 2.21. The highest BCUT2D eigenvalue weighted by atomic mass is 16.2. The molecule has 0 aliphatic heterocycles. The number of rotatable bonds is 8. The van der Waals surface area contributed by atoms with Gasteiger partial charge in [-0.25, -0.2) is 9.97 Å². The molecule has 2 amide bonds. The summed E-state index contributed by atoms with van der Waals surface area (Å²) in [5, 5.41) is 6.05. The van der Waals surface area contributed by atoms with Crippen molar-refractivity contribution in [2.24, 2.45) is 5.41 Å². The van der Waals surface area contributed by atoms with Gasteiger partial charge in [0.25, 0.3) is 0 Å². The van der Waals surface area contributed by atoms with Gasteiger partial charge >= 0.3 is 0 Å². The van der Waals surface area contributed by atoms with Crippen LogP contribution in [0.25, 0.3) is 0 Å². The van der Waals surface area contributed by atoms with Crippen LogP contribution in [-0.2, 0) is 48.4 Å². The summed E-state index contributed by atoms with van der Waals surface area (Å²) in [6.07, 6.45) is 12.3. The van der Waals surface area contributed by atoms with Crippen LogP contribution in [0.15, 0.2) is 12.7 Å². The van der Waals surface area contributed by atoms with Gasteiger partial charge in [0, 0.05) is 24.5 Å². The fourth-order valence-electron chi connectivity index (χ4n) is 4.49. The van der Waals surface area contributed by atoms with Gasteiger partial charge in [0.15, 0.2) is 0 Å². The van der Waals surface area contributed by atoms with Gasteiger partial charge in [-0.1, -0.05) is 13.8 Å². The van der Waals surface area contributed by atoms with E-state index in [0.29, 0.717) is 26.2 Å². The quantitative estimate of drug-likeness (QED) is 0.673. The van der Waals surface area contributed by atoms with Gasteiger partial charge in [-0.2, -0.15) is 0 Å². The first kappa shape index (κ1) is 21.6. The molecule has 2 N–H and O–H groups in total. The molecule has 0 fully saturated rings. The van der Waals surface area contributed by atoms with Gasteiger partial charge in [0.05, 0.1) is 24.0 Å². The van der Waals surface area contributed by atoms with E-state index in [0.717, 1.165) is 49.9 Å². The molecule has 0 saturated heterocycles. The standard InChI is InChI=1S/C23H34N6O2/c1-23(2,13-24-21(30)11-28-15-26-17-7-3-5-9-19(17)28)14-25-22(31)12-29-16-27-18-8-4-6-10-20(18)29/h15-16H,3-14H2,1-2H3,(H,24,30)(H,25,31). The number of fused-ring (bicyclic) bond motifs is 2. The van der Waals surface area contributed by atoms with E-state index in [1.54, 1.807) is 12.7 Å². The van der Waals surface area contributed by atoms with Crippen LogP contribution >= 0.6 is 0 Å². The van der Waals surface area contributed by atoms with E-state index < -0.39 is 0 Å². The zero-order valence-corrected chi connectivity index (χ0v) is 18.7. The van der Waals surface area contributed by atoms with Crippen molar-refractivity contribution in [3.05, 3.63) is 35.4 Å².